The number of piperazine rings is 1. The third-order valence-electron chi connectivity index (χ3n) is 4.19. The Kier molecular flexibility index (Phi) is 5.23. The molecule has 1 aromatic rings. The van der Waals surface area contributed by atoms with E-state index in [1.165, 1.54) is 12.0 Å². The van der Waals surface area contributed by atoms with E-state index in [1.807, 2.05) is 0 Å². The summed E-state index contributed by atoms with van der Waals surface area (Å²) in [4.78, 5) is 2.62. The third-order valence-corrected chi connectivity index (χ3v) is 4.19. The van der Waals surface area contributed by atoms with E-state index < -0.39 is 0 Å². The van der Waals surface area contributed by atoms with Gasteiger partial charge in [-0.2, -0.15) is 0 Å². The summed E-state index contributed by atoms with van der Waals surface area (Å²) in [5.41, 5.74) is 1.41. The highest BCUT2D eigenvalue weighted by atomic mass is 16.5. The van der Waals surface area contributed by atoms with Crippen molar-refractivity contribution in [1.29, 1.82) is 0 Å². The number of nitrogens with zero attached hydrogens (tertiary/aromatic N) is 1. The molecule has 0 saturated carbocycles. The zero-order valence-electron chi connectivity index (χ0n) is 12.4. The van der Waals surface area contributed by atoms with Gasteiger partial charge >= 0.3 is 0 Å². The number of methoxy groups -OCH3 is 1. The van der Waals surface area contributed by atoms with Crippen molar-refractivity contribution in [2.45, 2.75) is 26.3 Å². The van der Waals surface area contributed by atoms with Gasteiger partial charge in [-0.05, 0) is 23.6 Å². The molecule has 3 nitrogen and oxygen atoms in total. The molecule has 1 saturated heterocycles. The van der Waals surface area contributed by atoms with Crippen molar-refractivity contribution in [1.82, 2.24) is 10.2 Å². The molecule has 106 valence electrons. The standard InChI is InChI=1S/C16H26N2O/c1-4-13(2)16(18-11-9-17-10-12-18)14-5-7-15(19-3)8-6-14/h5-8,13,16-17H,4,9-12H2,1-3H3/t13?,16-/m1/s1. The fraction of sp³-hybridized carbons (Fsp3) is 0.625. The van der Waals surface area contributed by atoms with Crippen LogP contribution in [0.25, 0.3) is 0 Å². The molecule has 19 heavy (non-hydrogen) atoms. The zero-order chi connectivity index (χ0) is 13.7. The minimum absolute atomic E-state index is 0.526. The van der Waals surface area contributed by atoms with Crippen molar-refractivity contribution in [2.75, 3.05) is 33.3 Å². The van der Waals surface area contributed by atoms with Crippen LogP contribution in [0.1, 0.15) is 31.9 Å². The van der Waals surface area contributed by atoms with Crippen LogP contribution in [0.4, 0.5) is 0 Å². The Morgan fingerprint density at radius 3 is 2.37 bits per heavy atom. The molecule has 1 heterocycles. The van der Waals surface area contributed by atoms with Crippen LogP contribution in [0.5, 0.6) is 5.75 Å². The molecule has 1 aromatic carbocycles. The van der Waals surface area contributed by atoms with Gasteiger partial charge in [-0.1, -0.05) is 32.4 Å². The lowest BCUT2D eigenvalue weighted by atomic mass is 9.90. The smallest absolute Gasteiger partial charge is 0.118 e. The molecular formula is C16H26N2O. The van der Waals surface area contributed by atoms with E-state index in [-0.39, 0.29) is 0 Å². The van der Waals surface area contributed by atoms with Crippen LogP contribution in [-0.4, -0.2) is 38.2 Å². The van der Waals surface area contributed by atoms with Crippen LogP contribution in [0.15, 0.2) is 24.3 Å². The Morgan fingerprint density at radius 1 is 1.21 bits per heavy atom. The molecule has 1 fully saturated rings. The van der Waals surface area contributed by atoms with Crippen LogP contribution in [0, 0.1) is 5.92 Å². The lowest BCUT2D eigenvalue weighted by Crippen LogP contribution is -2.46. The van der Waals surface area contributed by atoms with Gasteiger partial charge in [0.25, 0.3) is 0 Å². The average molecular weight is 262 g/mol. The zero-order valence-corrected chi connectivity index (χ0v) is 12.4. The molecule has 3 heteroatoms. The third kappa shape index (κ3) is 3.48. The van der Waals surface area contributed by atoms with Crippen LogP contribution in [0.3, 0.4) is 0 Å². The SMILES string of the molecule is CCC(C)[C@H](c1ccc(OC)cc1)N1CCNCC1. The first-order valence-electron chi connectivity index (χ1n) is 7.35. The van der Waals surface area contributed by atoms with Crippen molar-refractivity contribution in [3.05, 3.63) is 29.8 Å². The lowest BCUT2D eigenvalue weighted by molar-refractivity contribution is 0.128. The first kappa shape index (κ1) is 14.4. The Hall–Kier alpha value is -1.06. The van der Waals surface area contributed by atoms with Gasteiger partial charge in [0, 0.05) is 32.2 Å². The van der Waals surface area contributed by atoms with E-state index in [1.54, 1.807) is 7.11 Å². The Labute approximate surface area is 116 Å². The second kappa shape index (κ2) is 6.92. The van der Waals surface area contributed by atoms with Crippen molar-refractivity contribution < 1.29 is 4.74 Å². The quantitative estimate of drug-likeness (QED) is 0.883. The summed E-state index contributed by atoms with van der Waals surface area (Å²) in [5, 5.41) is 3.43. The maximum atomic E-state index is 5.26. The highest BCUT2D eigenvalue weighted by Crippen LogP contribution is 2.31. The highest BCUT2D eigenvalue weighted by Gasteiger charge is 2.26. The van der Waals surface area contributed by atoms with E-state index in [4.69, 9.17) is 4.74 Å². The maximum absolute atomic E-state index is 5.26. The van der Waals surface area contributed by atoms with Crippen LogP contribution in [0.2, 0.25) is 0 Å². The summed E-state index contributed by atoms with van der Waals surface area (Å²) in [7, 11) is 1.72. The molecule has 0 amide bonds. The van der Waals surface area contributed by atoms with E-state index in [0.29, 0.717) is 12.0 Å². The highest BCUT2D eigenvalue weighted by molar-refractivity contribution is 5.29. The second-order valence-corrected chi connectivity index (χ2v) is 5.39. The van der Waals surface area contributed by atoms with E-state index in [0.717, 1.165) is 31.9 Å². The number of benzene rings is 1. The van der Waals surface area contributed by atoms with E-state index in [2.05, 4.69) is 48.3 Å². The summed E-state index contributed by atoms with van der Waals surface area (Å²) in [6.45, 7) is 9.12. The summed E-state index contributed by atoms with van der Waals surface area (Å²) in [5.74, 6) is 1.61. The molecule has 1 N–H and O–H groups in total. The Bertz CT molecular complexity index is 371. The van der Waals surface area contributed by atoms with Gasteiger partial charge in [-0.3, -0.25) is 4.90 Å². The van der Waals surface area contributed by atoms with E-state index in [9.17, 15) is 0 Å². The molecule has 0 spiro atoms. The van der Waals surface area contributed by atoms with Crippen molar-refractivity contribution >= 4 is 0 Å². The van der Waals surface area contributed by atoms with Gasteiger partial charge in [0.2, 0.25) is 0 Å². The van der Waals surface area contributed by atoms with Gasteiger partial charge < -0.3 is 10.1 Å². The average Bonchev–Trinajstić information content (AvgIpc) is 2.49. The van der Waals surface area contributed by atoms with Gasteiger partial charge in [0.15, 0.2) is 0 Å². The monoisotopic (exact) mass is 262 g/mol. The molecule has 0 radical (unpaired) electrons. The van der Waals surface area contributed by atoms with Gasteiger partial charge in [0.05, 0.1) is 7.11 Å². The summed E-state index contributed by atoms with van der Waals surface area (Å²) < 4.78 is 5.26. The second-order valence-electron chi connectivity index (χ2n) is 5.39. The van der Waals surface area contributed by atoms with Crippen LogP contribution in [-0.2, 0) is 0 Å². The number of hydrogen-bond donors (Lipinski definition) is 1. The fourth-order valence-corrected chi connectivity index (χ4v) is 2.88. The van der Waals surface area contributed by atoms with Crippen molar-refractivity contribution in [3.63, 3.8) is 0 Å². The molecule has 2 rings (SSSR count). The number of nitrogens with one attached hydrogen (secondary N) is 1. The Morgan fingerprint density at radius 2 is 1.84 bits per heavy atom. The Balaban J connectivity index is 2.19. The first-order chi connectivity index (χ1) is 9.26. The molecule has 0 aliphatic carbocycles. The van der Waals surface area contributed by atoms with Crippen molar-refractivity contribution in [2.24, 2.45) is 5.92 Å². The number of rotatable bonds is 5. The molecule has 2 atom stereocenters. The maximum Gasteiger partial charge on any atom is 0.118 e. The summed E-state index contributed by atoms with van der Waals surface area (Å²) in [6.07, 6.45) is 1.21. The van der Waals surface area contributed by atoms with Crippen molar-refractivity contribution in [3.8, 4) is 5.75 Å². The first-order valence-corrected chi connectivity index (χ1v) is 7.35. The van der Waals surface area contributed by atoms with Gasteiger partial charge in [-0.25, -0.2) is 0 Å². The minimum atomic E-state index is 0.526. The lowest BCUT2D eigenvalue weighted by Gasteiger charge is -2.38. The molecular weight excluding hydrogens is 236 g/mol. The molecule has 1 aliphatic heterocycles. The van der Waals surface area contributed by atoms with Gasteiger partial charge in [0.1, 0.15) is 5.75 Å². The normalized spacial score (nSPS) is 19.9. The number of hydrogen-bond acceptors (Lipinski definition) is 3. The van der Waals surface area contributed by atoms with Crippen LogP contribution < -0.4 is 10.1 Å². The minimum Gasteiger partial charge on any atom is -0.497 e. The summed E-state index contributed by atoms with van der Waals surface area (Å²) in [6, 6.07) is 9.12. The fourth-order valence-electron chi connectivity index (χ4n) is 2.88. The van der Waals surface area contributed by atoms with Crippen LogP contribution >= 0.6 is 0 Å². The molecule has 0 bridgehead atoms. The predicted octanol–water partition coefficient (Wildman–Crippen LogP) is 2.69. The molecule has 1 unspecified atom stereocenters. The molecule has 1 aliphatic rings. The molecule has 0 aromatic heterocycles. The topological polar surface area (TPSA) is 24.5 Å². The predicted molar refractivity (Wildman–Crippen MR) is 79.6 cm³/mol. The van der Waals surface area contributed by atoms with E-state index >= 15 is 0 Å². The van der Waals surface area contributed by atoms with Gasteiger partial charge in [-0.15, -0.1) is 0 Å². The number of ether oxygens (including phenoxy) is 1. The largest absolute Gasteiger partial charge is 0.497 e. The summed E-state index contributed by atoms with van der Waals surface area (Å²) >= 11 is 0.